The minimum Gasteiger partial charge on any atom is -0.463 e. The molecule has 1 heterocycles. The van der Waals surface area contributed by atoms with Gasteiger partial charge in [0.15, 0.2) is 0 Å². The minimum atomic E-state index is -1.29. The predicted molar refractivity (Wildman–Crippen MR) is 90.0 cm³/mol. The Labute approximate surface area is 140 Å². The molecule has 126 valence electrons. The highest BCUT2D eigenvalue weighted by molar-refractivity contribution is 5.94. The Bertz CT molecular complexity index is 758. The summed E-state index contributed by atoms with van der Waals surface area (Å²) < 4.78 is 5.38. The number of carbonyl (C=O) groups is 2. The molecule has 2 amide bonds. The van der Waals surface area contributed by atoms with Crippen molar-refractivity contribution < 1.29 is 19.1 Å². The lowest BCUT2D eigenvalue weighted by atomic mass is 10.0. The van der Waals surface area contributed by atoms with Crippen molar-refractivity contribution in [2.24, 2.45) is 5.73 Å². The average molecular weight is 328 g/mol. The average Bonchev–Trinajstić information content (AvgIpc) is 2.99. The summed E-state index contributed by atoms with van der Waals surface area (Å²) in [6, 6.07) is 9.98. The van der Waals surface area contributed by atoms with Crippen LogP contribution in [0.15, 0.2) is 46.9 Å². The number of aryl methyl sites for hydroxylation is 1. The molecule has 2 aromatic rings. The second kappa shape index (κ2) is 7.14. The molecule has 24 heavy (non-hydrogen) atoms. The van der Waals surface area contributed by atoms with E-state index in [0.717, 1.165) is 5.56 Å². The van der Waals surface area contributed by atoms with E-state index < -0.39 is 11.5 Å². The van der Waals surface area contributed by atoms with Crippen molar-refractivity contribution in [3.8, 4) is 0 Å². The molecule has 0 saturated carbocycles. The molecule has 0 radical (unpaired) electrons. The van der Waals surface area contributed by atoms with Gasteiger partial charge in [-0.15, -0.1) is 0 Å². The molecule has 0 aliphatic heterocycles. The molecule has 1 aromatic carbocycles. The lowest BCUT2D eigenvalue weighted by Gasteiger charge is -2.20. The Balaban J connectivity index is 1.91. The summed E-state index contributed by atoms with van der Waals surface area (Å²) in [5, 5.41) is 13.0. The fraction of sp³-hybridized carbons (Fsp3) is 0.222. The molecule has 0 spiro atoms. The molecule has 0 aliphatic carbocycles. The van der Waals surface area contributed by atoms with E-state index in [-0.39, 0.29) is 12.5 Å². The van der Waals surface area contributed by atoms with Gasteiger partial charge in [0, 0.05) is 11.6 Å². The monoisotopic (exact) mass is 328 g/mol. The maximum Gasteiger partial charge on any atom is 0.248 e. The van der Waals surface area contributed by atoms with Gasteiger partial charge in [-0.25, -0.2) is 0 Å². The van der Waals surface area contributed by atoms with E-state index >= 15 is 0 Å². The maximum atomic E-state index is 11.9. The van der Waals surface area contributed by atoms with Gasteiger partial charge in [0.05, 0.1) is 6.54 Å². The molecule has 0 aliphatic rings. The van der Waals surface area contributed by atoms with Crippen LogP contribution < -0.4 is 11.1 Å². The standard InChI is InChI=1S/C18H20N2O4/c1-12-3-9-15(24-12)18(2,23)11-20-16(21)10-6-13-4-7-14(8-5-13)17(19)22/h3-10,23H,11H2,1-2H3,(H2,19,22)(H,20,21). The Hall–Kier alpha value is -2.86. The van der Waals surface area contributed by atoms with Crippen LogP contribution in [-0.4, -0.2) is 23.5 Å². The highest BCUT2D eigenvalue weighted by Gasteiger charge is 2.27. The number of nitrogens with one attached hydrogen (secondary N) is 1. The molecular weight excluding hydrogens is 308 g/mol. The van der Waals surface area contributed by atoms with Crippen molar-refractivity contribution >= 4 is 17.9 Å². The van der Waals surface area contributed by atoms with Gasteiger partial charge >= 0.3 is 0 Å². The first-order chi connectivity index (χ1) is 11.3. The third-order valence-electron chi connectivity index (χ3n) is 3.50. The van der Waals surface area contributed by atoms with Crippen LogP contribution in [0, 0.1) is 6.92 Å². The van der Waals surface area contributed by atoms with E-state index in [0.29, 0.717) is 17.1 Å². The number of carbonyl (C=O) groups excluding carboxylic acids is 2. The number of primary amides is 1. The van der Waals surface area contributed by atoms with Crippen molar-refractivity contribution in [3.63, 3.8) is 0 Å². The third-order valence-corrected chi connectivity index (χ3v) is 3.50. The van der Waals surface area contributed by atoms with Crippen molar-refractivity contribution in [3.05, 3.63) is 65.1 Å². The van der Waals surface area contributed by atoms with E-state index in [4.69, 9.17) is 10.2 Å². The number of aliphatic hydroxyl groups is 1. The number of furan rings is 1. The summed E-state index contributed by atoms with van der Waals surface area (Å²) in [7, 11) is 0. The number of hydrogen-bond donors (Lipinski definition) is 3. The van der Waals surface area contributed by atoms with Gasteiger partial charge in [-0.1, -0.05) is 12.1 Å². The first-order valence-corrected chi connectivity index (χ1v) is 7.43. The van der Waals surface area contributed by atoms with Crippen LogP contribution in [0.25, 0.3) is 6.08 Å². The molecule has 6 nitrogen and oxygen atoms in total. The molecule has 1 aromatic heterocycles. The number of rotatable bonds is 6. The van der Waals surface area contributed by atoms with Gasteiger partial charge in [-0.2, -0.15) is 0 Å². The van der Waals surface area contributed by atoms with Crippen molar-refractivity contribution in [1.29, 1.82) is 0 Å². The predicted octanol–water partition coefficient (Wildman–Crippen LogP) is 1.72. The van der Waals surface area contributed by atoms with E-state index in [1.165, 1.54) is 6.08 Å². The number of amides is 2. The van der Waals surface area contributed by atoms with Gasteiger partial charge in [0.1, 0.15) is 17.1 Å². The summed E-state index contributed by atoms with van der Waals surface area (Å²) in [6.07, 6.45) is 2.95. The van der Waals surface area contributed by atoms with E-state index in [1.807, 2.05) is 0 Å². The van der Waals surface area contributed by atoms with Crippen LogP contribution in [0.4, 0.5) is 0 Å². The van der Waals surface area contributed by atoms with Gasteiger partial charge in [0.2, 0.25) is 11.8 Å². The SMILES string of the molecule is Cc1ccc(C(C)(O)CNC(=O)C=Cc2ccc(C(N)=O)cc2)o1. The van der Waals surface area contributed by atoms with E-state index in [9.17, 15) is 14.7 Å². The molecule has 0 bridgehead atoms. The highest BCUT2D eigenvalue weighted by atomic mass is 16.4. The quantitative estimate of drug-likeness (QED) is 0.702. The largest absolute Gasteiger partial charge is 0.463 e. The van der Waals surface area contributed by atoms with E-state index in [1.54, 1.807) is 56.3 Å². The number of hydrogen-bond acceptors (Lipinski definition) is 4. The summed E-state index contributed by atoms with van der Waals surface area (Å²) in [6.45, 7) is 3.37. The molecule has 1 atom stereocenters. The van der Waals surface area contributed by atoms with Crippen LogP contribution >= 0.6 is 0 Å². The second-order valence-electron chi connectivity index (χ2n) is 5.72. The zero-order chi connectivity index (χ0) is 17.7. The van der Waals surface area contributed by atoms with Gasteiger partial charge in [-0.05, 0) is 49.8 Å². The summed E-state index contributed by atoms with van der Waals surface area (Å²) >= 11 is 0. The number of benzene rings is 1. The molecule has 4 N–H and O–H groups in total. The lowest BCUT2D eigenvalue weighted by molar-refractivity contribution is -0.117. The highest BCUT2D eigenvalue weighted by Crippen LogP contribution is 2.21. The van der Waals surface area contributed by atoms with E-state index in [2.05, 4.69) is 5.32 Å². The summed E-state index contributed by atoms with van der Waals surface area (Å²) in [5.74, 6) is 0.235. The summed E-state index contributed by atoms with van der Waals surface area (Å²) in [5.41, 5.74) is 5.03. The van der Waals surface area contributed by atoms with Crippen LogP contribution in [0.1, 0.15) is 34.4 Å². The summed E-state index contributed by atoms with van der Waals surface area (Å²) in [4.78, 5) is 22.8. The Kier molecular flexibility index (Phi) is 5.21. The van der Waals surface area contributed by atoms with Gasteiger partial charge in [0.25, 0.3) is 0 Å². The smallest absolute Gasteiger partial charge is 0.248 e. The van der Waals surface area contributed by atoms with Crippen molar-refractivity contribution in [2.75, 3.05) is 6.54 Å². The molecule has 0 fully saturated rings. The molecule has 6 heteroatoms. The lowest BCUT2D eigenvalue weighted by Crippen LogP contribution is -2.37. The maximum absolute atomic E-state index is 11.9. The minimum absolute atomic E-state index is 0.0176. The molecule has 1 unspecified atom stereocenters. The Morgan fingerprint density at radius 1 is 1.25 bits per heavy atom. The zero-order valence-corrected chi connectivity index (χ0v) is 13.6. The van der Waals surface area contributed by atoms with Crippen LogP contribution in [0.2, 0.25) is 0 Å². The number of nitrogens with two attached hydrogens (primary N) is 1. The van der Waals surface area contributed by atoms with Crippen LogP contribution in [-0.2, 0) is 10.4 Å². The fourth-order valence-corrected chi connectivity index (χ4v) is 2.06. The van der Waals surface area contributed by atoms with Crippen molar-refractivity contribution in [1.82, 2.24) is 5.32 Å². The first kappa shape index (κ1) is 17.5. The van der Waals surface area contributed by atoms with Crippen LogP contribution in [0.3, 0.4) is 0 Å². The van der Waals surface area contributed by atoms with Gasteiger partial charge in [-0.3, -0.25) is 9.59 Å². The molecular formula is C18H20N2O4. The van der Waals surface area contributed by atoms with Crippen LogP contribution in [0.5, 0.6) is 0 Å². The topological polar surface area (TPSA) is 106 Å². The van der Waals surface area contributed by atoms with Crippen molar-refractivity contribution in [2.45, 2.75) is 19.4 Å². The Morgan fingerprint density at radius 2 is 1.92 bits per heavy atom. The molecule has 0 saturated heterocycles. The molecule has 2 rings (SSSR count). The second-order valence-corrected chi connectivity index (χ2v) is 5.72. The zero-order valence-electron chi connectivity index (χ0n) is 13.6. The normalized spacial score (nSPS) is 13.6. The fourth-order valence-electron chi connectivity index (χ4n) is 2.06. The van der Waals surface area contributed by atoms with Gasteiger partial charge < -0.3 is 20.6 Å². The Morgan fingerprint density at radius 3 is 2.46 bits per heavy atom. The first-order valence-electron chi connectivity index (χ1n) is 7.43. The third kappa shape index (κ3) is 4.57.